The van der Waals surface area contributed by atoms with Crippen molar-refractivity contribution in [1.29, 1.82) is 0 Å². The van der Waals surface area contributed by atoms with E-state index in [1.165, 1.54) is 18.4 Å². The maximum Gasteiger partial charge on any atom is 0.142 e. The molecule has 2 rings (SSSR count). The van der Waals surface area contributed by atoms with Crippen molar-refractivity contribution in [2.24, 2.45) is 0 Å². The standard InChI is InChI=1S/C13H18ClFN2O3S/c1-21(19)17-8-13(18)7-16-4-5-20-12(13)9-2-3-10(14)11(15)6-9/h2-3,6,12,16-18H,4-5,7-8H2,1H3. The van der Waals surface area contributed by atoms with E-state index in [9.17, 15) is 13.7 Å². The van der Waals surface area contributed by atoms with Gasteiger partial charge in [-0.2, -0.15) is 0 Å². The Labute approximate surface area is 130 Å². The van der Waals surface area contributed by atoms with E-state index in [4.69, 9.17) is 16.3 Å². The molecule has 3 N–H and O–H groups in total. The lowest BCUT2D eigenvalue weighted by atomic mass is 9.91. The van der Waals surface area contributed by atoms with Crippen LogP contribution in [0.5, 0.6) is 0 Å². The number of ether oxygens (including phenoxy) is 1. The van der Waals surface area contributed by atoms with Gasteiger partial charge in [-0.25, -0.2) is 13.3 Å². The first-order chi connectivity index (χ1) is 9.92. The molecule has 8 heteroatoms. The number of benzene rings is 1. The summed E-state index contributed by atoms with van der Waals surface area (Å²) < 4.78 is 33.2. The molecule has 0 saturated carbocycles. The molecule has 3 unspecified atom stereocenters. The summed E-state index contributed by atoms with van der Waals surface area (Å²) in [6, 6.07) is 4.31. The molecule has 5 nitrogen and oxygen atoms in total. The third-order valence-electron chi connectivity index (χ3n) is 3.31. The molecule has 3 atom stereocenters. The molecule has 118 valence electrons. The van der Waals surface area contributed by atoms with E-state index >= 15 is 0 Å². The fourth-order valence-corrected chi connectivity index (χ4v) is 2.84. The maximum absolute atomic E-state index is 13.7. The molecule has 0 radical (unpaired) electrons. The third-order valence-corrected chi connectivity index (χ3v) is 4.17. The molecule has 21 heavy (non-hydrogen) atoms. The quantitative estimate of drug-likeness (QED) is 0.759. The molecule has 0 aromatic heterocycles. The Balaban J connectivity index is 2.29. The van der Waals surface area contributed by atoms with Gasteiger partial charge in [-0.1, -0.05) is 17.7 Å². The van der Waals surface area contributed by atoms with Gasteiger partial charge in [0.25, 0.3) is 0 Å². The molecule has 1 aliphatic rings. The highest BCUT2D eigenvalue weighted by atomic mass is 35.5. The van der Waals surface area contributed by atoms with Gasteiger partial charge >= 0.3 is 0 Å². The second-order valence-electron chi connectivity index (χ2n) is 4.98. The zero-order chi connectivity index (χ0) is 15.5. The van der Waals surface area contributed by atoms with Crippen LogP contribution in [0.1, 0.15) is 11.7 Å². The maximum atomic E-state index is 13.7. The van der Waals surface area contributed by atoms with Crippen molar-refractivity contribution < 1.29 is 18.4 Å². The summed E-state index contributed by atoms with van der Waals surface area (Å²) in [6.45, 7) is 1.25. The number of hydrogen-bond acceptors (Lipinski definition) is 4. The largest absolute Gasteiger partial charge is 0.384 e. The molecule has 0 spiro atoms. The van der Waals surface area contributed by atoms with E-state index in [-0.39, 0.29) is 18.1 Å². The highest BCUT2D eigenvalue weighted by molar-refractivity contribution is 7.82. The Morgan fingerprint density at radius 1 is 1.67 bits per heavy atom. The summed E-state index contributed by atoms with van der Waals surface area (Å²) in [5, 5.41) is 13.9. The highest BCUT2D eigenvalue weighted by Gasteiger charge is 2.40. The lowest BCUT2D eigenvalue weighted by Gasteiger charge is -2.34. The lowest BCUT2D eigenvalue weighted by Crippen LogP contribution is -2.51. The smallest absolute Gasteiger partial charge is 0.142 e. The minimum absolute atomic E-state index is 0.0156. The van der Waals surface area contributed by atoms with Crippen molar-refractivity contribution >= 4 is 22.6 Å². The van der Waals surface area contributed by atoms with Crippen LogP contribution in [0, 0.1) is 5.82 Å². The Bertz CT molecular complexity index is 534. The minimum Gasteiger partial charge on any atom is -0.384 e. The Morgan fingerprint density at radius 3 is 3.10 bits per heavy atom. The fraction of sp³-hybridized carbons (Fsp3) is 0.538. The van der Waals surface area contributed by atoms with Gasteiger partial charge in [0.15, 0.2) is 0 Å². The number of aliphatic hydroxyl groups is 1. The van der Waals surface area contributed by atoms with Gasteiger partial charge in [-0.3, -0.25) is 0 Å². The van der Waals surface area contributed by atoms with E-state index < -0.39 is 28.5 Å². The van der Waals surface area contributed by atoms with Crippen LogP contribution in [0.15, 0.2) is 18.2 Å². The summed E-state index contributed by atoms with van der Waals surface area (Å²) in [5.74, 6) is -0.565. The molecule has 1 heterocycles. The number of nitrogens with one attached hydrogen (secondary N) is 2. The Morgan fingerprint density at radius 2 is 2.43 bits per heavy atom. The first kappa shape index (κ1) is 16.8. The predicted molar refractivity (Wildman–Crippen MR) is 80.0 cm³/mol. The molecule has 1 aliphatic heterocycles. The SMILES string of the molecule is CS(=O)NCC1(O)CNCCOC1c1ccc(Cl)c(F)c1. The van der Waals surface area contributed by atoms with Gasteiger partial charge in [-0.15, -0.1) is 0 Å². The van der Waals surface area contributed by atoms with Crippen molar-refractivity contribution in [1.82, 2.24) is 10.0 Å². The van der Waals surface area contributed by atoms with Crippen LogP contribution < -0.4 is 10.0 Å². The zero-order valence-corrected chi connectivity index (χ0v) is 13.1. The Hall–Kier alpha value is -0.570. The molecule has 1 fully saturated rings. The van der Waals surface area contributed by atoms with Crippen molar-refractivity contribution in [2.75, 3.05) is 32.5 Å². The van der Waals surface area contributed by atoms with Crippen LogP contribution in [0.3, 0.4) is 0 Å². The highest BCUT2D eigenvalue weighted by Crippen LogP contribution is 2.32. The average Bonchev–Trinajstić information content (AvgIpc) is 2.62. The number of hydrogen-bond donors (Lipinski definition) is 3. The number of β-amino-alcohol motifs (C(OH)–C–C–N with tert-alkyl or cyclic N) is 1. The second-order valence-corrected chi connectivity index (χ2v) is 6.58. The first-order valence-corrected chi connectivity index (χ1v) is 8.42. The van der Waals surface area contributed by atoms with E-state index in [1.54, 1.807) is 6.07 Å². The molecule has 0 bridgehead atoms. The molecule has 0 aliphatic carbocycles. The van der Waals surface area contributed by atoms with Gasteiger partial charge in [0, 0.05) is 25.9 Å². The van der Waals surface area contributed by atoms with Crippen molar-refractivity contribution in [3.8, 4) is 0 Å². The van der Waals surface area contributed by atoms with Gasteiger partial charge in [-0.05, 0) is 17.7 Å². The van der Waals surface area contributed by atoms with Crippen LogP contribution in [0.4, 0.5) is 4.39 Å². The monoisotopic (exact) mass is 336 g/mol. The normalized spacial score (nSPS) is 28.1. The summed E-state index contributed by atoms with van der Waals surface area (Å²) in [5.41, 5.74) is -0.852. The summed E-state index contributed by atoms with van der Waals surface area (Å²) >= 11 is 5.68. The van der Waals surface area contributed by atoms with Crippen molar-refractivity contribution in [3.05, 3.63) is 34.6 Å². The van der Waals surface area contributed by atoms with Crippen LogP contribution in [-0.2, 0) is 15.7 Å². The van der Waals surface area contributed by atoms with Crippen molar-refractivity contribution in [2.45, 2.75) is 11.7 Å². The predicted octanol–water partition coefficient (Wildman–Crippen LogP) is 0.754. The van der Waals surface area contributed by atoms with Gasteiger partial charge in [0.05, 0.1) is 22.6 Å². The topological polar surface area (TPSA) is 70.6 Å². The van der Waals surface area contributed by atoms with E-state index in [0.29, 0.717) is 18.7 Å². The number of rotatable bonds is 4. The first-order valence-electron chi connectivity index (χ1n) is 6.49. The summed E-state index contributed by atoms with van der Waals surface area (Å²) in [4.78, 5) is 0. The molecule has 1 saturated heterocycles. The number of halogens is 2. The van der Waals surface area contributed by atoms with Crippen LogP contribution in [0.2, 0.25) is 5.02 Å². The van der Waals surface area contributed by atoms with E-state index in [1.807, 2.05) is 0 Å². The van der Waals surface area contributed by atoms with Gasteiger partial charge in [0.2, 0.25) is 0 Å². The van der Waals surface area contributed by atoms with Crippen LogP contribution in [-0.4, -0.2) is 47.4 Å². The summed E-state index contributed by atoms with van der Waals surface area (Å²) in [7, 11) is -1.27. The molecule has 0 amide bonds. The van der Waals surface area contributed by atoms with Gasteiger partial charge in [0.1, 0.15) is 17.5 Å². The Kier molecular flexibility index (Phi) is 5.70. The van der Waals surface area contributed by atoms with E-state index in [2.05, 4.69) is 10.0 Å². The third kappa shape index (κ3) is 4.21. The van der Waals surface area contributed by atoms with E-state index in [0.717, 1.165) is 0 Å². The lowest BCUT2D eigenvalue weighted by molar-refractivity contribution is -0.0907. The zero-order valence-electron chi connectivity index (χ0n) is 11.6. The van der Waals surface area contributed by atoms with Crippen LogP contribution >= 0.6 is 11.6 Å². The van der Waals surface area contributed by atoms with Crippen LogP contribution in [0.25, 0.3) is 0 Å². The molecule has 1 aromatic rings. The fourth-order valence-electron chi connectivity index (χ4n) is 2.27. The van der Waals surface area contributed by atoms with Crippen molar-refractivity contribution in [3.63, 3.8) is 0 Å². The average molecular weight is 337 g/mol. The summed E-state index contributed by atoms with van der Waals surface area (Å²) in [6.07, 6.45) is 0.737. The molecule has 1 aromatic carbocycles. The second kappa shape index (κ2) is 7.13. The minimum atomic E-state index is -1.34. The molecular weight excluding hydrogens is 319 g/mol. The molecular formula is C13H18ClFN2O3S. The van der Waals surface area contributed by atoms with Gasteiger partial charge < -0.3 is 15.2 Å².